The van der Waals surface area contributed by atoms with Gasteiger partial charge in [-0.2, -0.15) is 12.6 Å². The molecule has 1 atom stereocenters. The van der Waals surface area contributed by atoms with E-state index in [2.05, 4.69) is 12.6 Å². The van der Waals surface area contributed by atoms with Crippen LogP contribution in [0, 0.1) is 0 Å². The van der Waals surface area contributed by atoms with Crippen LogP contribution in [0.4, 0.5) is 0 Å². The lowest BCUT2D eigenvalue weighted by Gasteiger charge is -2.27. The van der Waals surface area contributed by atoms with Gasteiger partial charge in [-0.3, -0.25) is 4.79 Å². The Balaban J connectivity index is 2.39. The van der Waals surface area contributed by atoms with Crippen molar-refractivity contribution in [1.29, 1.82) is 0 Å². The number of thiol groups is 1. The van der Waals surface area contributed by atoms with Crippen molar-refractivity contribution in [2.45, 2.75) is 12.2 Å². The predicted molar refractivity (Wildman–Crippen MR) is 45.8 cm³/mol. The fraction of sp³-hybridized carbons (Fsp3) is 0.857. The van der Waals surface area contributed by atoms with Crippen LogP contribution in [0.3, 0.4) is 0 Å². The van der Waals surface area contributed by atoms with E-state index in [1.165, 1.54) is 0 Å². The lowest BCUT2D eigenvalue weighted by molar-refractivity contribution is -0.134. The van der Waals surface area contributed by atoms with Crippen LogP contribution >= 0.6 is 12.6 Å². The molecule has 0 saturated carbocycles. The average molecular weight is 175 g/mol. The summed E-state index contributed by atoms with van der Waals surface area (Å²) in [6, 6.07) is 0. The zero-order valence-corrected chi connectivity index (χ0v) is 7.51. The molecule has 1 heterocycles. The number of hydrogen-bond acceptors (Lipinski definition) is 3. The quantitative estimate of drug-likeness (QED) is 0.575. The maximum absolute atomic E-state index is 11.3. The first-order chi connectivity index (χ1) is 5.22. The van der Waals surface area contributed by atoms with E-state index in [1.54, 1.807) is 11.8 Å². The monoisotopic (exact) mass is 175 g/mol. The second-order valence-corrected chi connectivity index (χ2v) is 3.39. The molecule has 4 heteroatoms. The Hall–Kier alpha value is -0.220. The third-order valence-electron chi connectivity index (χ3n) is 1.68. The summed E-state index contributed by atoms with van der Waals surface area (Å²) in [7, 11) is 0. The Morgan fingerprint density at radius 1 is 1.55 bits per heavy atom. The summed E-state index contributed by atoms with van der Waals surface area (Å²) in [5.74, 6) is 0.108. The fourth-order valence-corrected chi connectivity index (χ4v) is 1.21. The van der Waals surface area contributed by atoms with E-state index >= 15 is 0 Å². The minimum absolute atomic E-state index is 0.108. The number of amides is 1. The molecule has 0 spiro atoms. The molecule has 0 aromatic carbocycles. The van der Waals surface area contributed by atoms with E-state index in [1.807, 2.05) is 0 Å². The minimum Gasteiger partial charge on any atom is -0.378 e. The van der Waals surface area contributed by atoms with E-state index in [9.17, 15) is 4.79 Å². The number of rotatable bonds is 1. The molecular weight excluding hydrogens is 162 g/mol. The van der Waals surface area contributed by atoms with Gasteiger partial charge in [0.1, 0.15) is 0 Å². The molecule has 1 aliphatic rings. The summed E-state index contributed by atoms with van der Waals surface area (Å²) in [5.41, 5.74) is 0. The third kappa shape index (κ3) is 2.38. The van der Waals surface area contributed by atoms with Crippen LogP contribution in [-0.4, -0.2) is 42.4 Å². The number of ether oxygens (including phenoxy) is 1. The summed E-state index contributed by atoms with van der Waals surface area (Å²) in [6.07, 6.45) is 0. The van der Waals surface area contributed by atoms with E-state index in [0.717, 1.165) is 0 Å². The van der Waals surface area contributed by atoms with Gasteiger partial charge in [0, 0.05) is 13.1 Å². The molecule has 1 rings (SSSR count). The van der Waals surface area contributed by atoms with Crippen molar-refractivity contribution in [1.82, 2.24) is 4.90 Å². The number of morpholine rings is 1. The van der Waals surface area contributed by atoms with Crippen LogP contribution in [0.5, 0.6) is 0 Å². The second-order valence-electron chi connectivity index (χ2n) is 2.61. The van der Waals surface area contributed by atoms with Gasteiger partial charge < -0.3 is 9.64 Å². The number of hydrogen-bond donors (Lipinski definition) is 1. The van der Waals surface area contributed by atoms with Gasteiger partial charge >= 0.3 is 0 Å². The maximum atomic E-state index is 11.3. The zero-order valence-electron chi connectivity index (χ0n) is 6.62. The highest BCUT2D eigenvalue weighted by Gasteiger charge is 2.19. The standard InChI is InChI=1S/C7H13NO2S/c1-6(11)7(9)8-2-4-10-5-3-8/h6,11H,2-5H2,1H3. The Kier molecular flexibility index (Phi) is 3.20. The van der Waals surface area contributed by atoms with Gasteiger partial charge in [0.05, 0.1) is 18.5 Å². The first kappa shape index (κ1) is 8.87. The highest BCUT2D eigenvalue weighted by Crippen LogP contribution is 2.03. The molecule has 0 aromatic rings. The molecule has 1 fully saturated rings. The SMILES string of the molecule is CC(S)C(=O)N1CCOCC1. The largest absolute Gasteiger partial charge is 0.378 e. The summed E-state index contributed by atoms with van der Waals surface area (Å²) >= 11 is 4.07. The van der Waals surface area contributed by atoms with E-state index < -0.39 is 0 Å². The molecule has 0 bridgehead atoms. The molecule has 0 N–H and O–H groups in total. The molecule has 64 valence electrons. The molecule has 1 amide bonds. The average Bonchev–Trinajstić information content (AvgIpc) is 2.05. The van der Waals surface area contributed by atoms with Gasteiger partial charge in [0.2, 0.25) is 5.91 Å². The first-order valence-corrected chi connectivity index (χ1v) is 4.28. The highest BCUT2D eigenvalue weighted by atomic mass is 32.1. The Labute approximate surface area is 72.1 Å². The first-order valence-electron chi connectivity index (χ1n) is 3.76. The number of carbonyl (C=O) groups excluding carboxylic acids is 1. The van der Waals surface area contributed by atoms with Gasteiger partial charge in [-0.1, -0.05) is 0 Å². The summed E-state index contributed by atoms with van der Waals surface area (Å²) in [5, 5.41) is -0.187. The van der Waals surface area contributed by atoms with Crippen LogP contribution in [0.2, 0.25) is 0 Å². The zero-order chi connectivity index (χ0) is 8.27. The molecule has 1 aliphatic heterocycles. The van der Waals surface area contributed by atoms with Crippen LogP contribution in [-0.2, 0) is 9.53 Å². The van der Waals surface area contributed by atoms with Crippen molar-refractivity contribution in [2.75, 3.05) is 26.3 Å². The molecule has 0 aromatic heterocycles. The number of nitrogens with zero attached hydrogens (tertiary/aromatic N) is 1. The van der Waals surface area contributed by atoms with Crippen molar-refractivity contribution in [3.63, 3.8) is 0 Å². The van der Waals surface area contributed by atoms with E-state index in [4.69, 9.17) is 4.74 Å². The molecular formula is C7H13NO2S. The van der Waals surface area contributed by atoms with E-state index in [0.29, 0.717) is 26.3 Å². The predicted octanol–water partition coefficient (Wildman–Crippen LogP) is 0.163. The van der Waals surface area contributed by atoms with Crippen molar-refractivity contribution in [3.05, 3.63) is 0 Å². The highest BCUT2D eigenvalue weighted by molar-refractivity contribution is 7.81. The summed E-state index contributed by atoms with van der Waals surface area (Å²) in [4.78, 5) is 13.1. The molecule has 1 saturated heterocycles. The molecule has 0 radical (unpaired) electrons. The van der Waals surface area contributed by atoms with Gasteiger partial charge in [-0.25, -0.2) is 0 Å². The van der Waals surface area contributed by atoms with Gasteiger partial charge in [-0.15, -0.1) is 0 Å². The Bertz CT molecular complexity index is 143. The van der Waals surface area contributed by atoms with Crippen LogP contribution in [0.25, 0.3) is 0 Å². The second kappa shape index (κ2) is 3.97. The van der Waals surface area contributed by atoms with Crippen molar-refractivity contribution in [3.8, 4) is 0 Å². The summed E-state index contributed by atoms with van der Waals surface area (Å²) < 4.78 is 5.11. The van der Waals surface area contributed by atoms with Crippen LogP contribution in [0.15, 0.2) is 0 Å². The fourth-order valence-electron chi connectivity index (χ4n) is 1.05. The molecule has 11 heavy (non-hydrogen) atoms. The maximum Gasteiger partial charge on any atom is 0.235 e. The molecule has 0 aliphatic carbocycles. The normalized spacial score (nSPS) is 21.5. The van der Waals surface area contributed by atoms with Gasteiger partial charge in [0.25, 0.3) is 0 Å². The summed E-state index contributed by atoms with van der Waals surface area (Å²) in [6.45, 7) is 4.53. The Morgan fingerprint density at radius 2 is 2.09 bits per heavy atom. The molecule has 3 nitrogen and oxygen atoms in total. The lowest BCUT2D eigenvalue weighted by atomic mass is 10.3. The molecule has 1 unspecified atom stereocenters. The van der Waals surface area contributed by atoms with Gasteiger partial charge in [0.15, 0.2) is 0 Å². The van der Waals surface area contributed by atoms with Crippen LogP contribution < -0.4 is 0 Å². The minimum atomic E-state index is -0.187. The van der Waals surface area contributed by atoms with Gasteiger partial charge in [-0.05, 0) is 6.92 Å². The van der Waals surface area contributed by atoms with Crippen LogP contribution in [0.1, 0.15) is 6.92 Å². The third-order valence-corrected chi connectivity index (χ3v) is 1.90. The van der Waals surface area contributed by atoms with Crippen molar-refractivity contribution in [2.24, 2.45) is 0 Å². The topological polar surface area (TPSA) is 29.5 Å². The van der Waals surface area contributed by atoms with Crippen molar-refractivity contribution < 1.29 is 9.53 Å². The Morgan fingerprint density at radius 3 is 2.55 bits per heavy atom. The number of carbonyl (C=O) groups is 1. The lowest BCUT2D eigenvalue weighted by Crippen LogP contribution is -2.43. The van der Waals surface area contributed by atoms with E-state index in [-0.39, 0.29) is 11.2 Å². The smallest absolute Gasteiger partial charge is 0.235 e. The van der Waals surface area contributed by atoms with Crippen molar-refractivity contribution >= 4 is 18.5 Å².